The SMILES string of the molecule is C#C[C@H]1CCCC1O[Si](C)(C)C(C)(C)C.C#C[C@H]1CCCCC1O[Si](C)(C)C(C)(C)C. The smallest absolute Gasteiger partial charge is 0.192 e. The molecule has 0 aromatic rings. The van der Waals surface area contributed by atoms with Gasteiger partial charge in [-0.05, 0) is 68.4 Å². The highest BCUT2D eigenvalue weighted by Crippen LogP contribution is 2.41. The number of terminal acetylenes is 2. The van der Waals surface area contributed by atoms with Gasteiger partial charge in [0.05, 0.1) is 12.2 Å². The van der Waals surface area contributed by atoms with E-state index in [0.29, 0.717) is 24.0 Å². The Bertz CT molecular complexity index is 640. The van der Waals surface area contributed by atoms with Crippen LogP contribution in [0.1, 0.15) is 86.5 Å². The predicted molar refractivity (Wildman–Crippen MR) is 141 cm³/mol. The van der Waals surface area contributed by atoms with Crippen molar-refractivity contribution < 1.29 is 8.85 Å². The third-order valence-electron chi connectivity index (χ3n) is 8.09. The fourth-order valence-corrected chi connectivity index (χ4v) is 6.58. The van der Waals surface area contributed by atoms with E-state index in [1.54, 1.807) is 0 Å². The van der Waals surface area contributed by atoms with Gasteiger partial charge in [-0.25, -0.2) is 0 Å². The van der Waals surface area contributed by atoms with E-state index in [2.05, 4.69) is 79.6 Å². The Kier molecular flexibility index (Phi) is 10.2. The van der Waals surface area contributed by atoms with Gasteiger partial charge in [0, 0.05) is 11.8 Å². The molecule has 0 radical (unpaired) electrons. The summed E-state index contributed by atoms with van der Waals surface area (Å²) in [5, 5.41) is 0.568. The molecule has 2 unspecified atom stereocenters. The topological polar surface area (TPSA) is 18.5 Å². The van der Waals surface area contributed by atoms with E-state index in [-0.39, 0.29) is 10.1 Å². The molecule has 31 heavy (non-hydrogen) atoms. The van der Waals surface area contributed by atoms with Gasteiger partial charge in [0.15, 0.2) is 16.6 Å². The molecule has 2 fully saturated rings. The minimum Gasteiger partial charge on any atom is -0.413 e. The molecule has 0 aromatic carbocycles. The average Bonchev–Trinajstić information content (AvgIpc) is 3.07. The molecule has 178 valence electrons. The maximum atomic E-state index is 6.44. The van der Waals surface area contributed by atoms with Crippen molar-refractivity contribution in [3.8, 4) is 24.7 Å². The molecule has 2 rings (SSSR count). The third-order valence-corrected chi connectivity index (χ3v) is 17.1. The van der Waals surface area contributed by atoms with E-state index in [1.165, 1.54) is 19.3 Å². The van der Waals surface area contributed by atoms with E-state index < -0.39 is 16.6 Å². The van der Waals surface area contributed by atoms with Crippen LogP contribution in [0.5, 0.6) is 0 Å². The Morgan fingerprint density at radius 2 is 0.935 bits per heavy atom. The van der Waals surface area contributed by atoms with Gasteiger partial charge in [-0.1, -0.05) is 54.4 Å². The molecule has 2 aliphatic rings. The second kappa shape index (κ2) is 11.1. The van der Waals surface area contributed by atoms with Crippen molar-refractivity contribution in [3.63, 3.8) is 0 Å². The molecule has 4 atom stereocenters. The summed E-state index contributed by atoms with van der Waals surface area (Å²) in [6.07, 6.45) is 20.2. The van der Waals surface area contributed by atoms with Gasteiger partial charge in [-0.2, -0.15) is 0 Å². The van der Waals surface area contributed by atoms with Crippen molar-refractivity contribution in [1.82, 2.24) is 0 Å². The van der Waals surface area contributed by atoms with Crippen LogP contribution in [0.2, 0.25) is 36.3 Å². The monoisotopic (exact) mass is 462 g/mol. The molecule has 4 heteroatoms. The molecule has 0 bridgehead atoms. The molecule has 0 aromatic heterocycles. The number of hydrogen-bond donors (Lipinski definition) is 0. The zero-order chi connectivity index (χ0) is 24.1. The van der Waals surface area contributed by atoms with Gasteiger partial charge in [0.2, 0.25) is 0 Å². The van der Waals surface area contributed by atoms with Crippen LogP contribution >= 0.6 is 0 Å². The third kappa shape index (κ3) is 8.08. The highest BCUT2D eigenvalue weighted by atomic mass is 28.4. The quantitative estimate of drug-likeness (QED) is 0.311. The normalized spacial score (nSPS) is 27.6. The average molecular weight is 463 g/mol. The first-order valence-electron chi connectivity index (χ1n) is 12.3. The lowest BCUT2D eigenvalue weighted by Gasteiger charge is -2.42. The van der Waals surface area contributed by atoms with Gasteiger partial charge in [-0.3, -0.25) is 0 Å². The van der Waals surface area contributed by atoms with Gasteiger partial charge in [0.1, 0.15) is 0 Å². The predicted octanol–water partition coefficient (Wildman–Crippen LogP) is 8.01. The van der Waals surface area contributed by atoms with Crippen LogP contribution in [0, 0.1) is 36.5 Å². The molecule has 2 aliphatic carbocycles. The van der Waals surface area contributed by atoms with Gasteiger partial charge in [-0.15, -0.1) is 24.7 Å². The minimum absolute atomic E-state index is 0.281. The van der Waals surface area contributed by atoms with Crippen LogP contribution in [-0.2, 0) is 8.85 Å². The van der Waals surface area contributed by atoms with E-state index in [4.69, 9.17) is 21.7 Å². The van der Waals surface area contributed by atoms with Crippen LogP contribution in [0.4, 0.5) is 0 Å². The second-order valence-corrected chi connectivity index (χ2v) is 22.1. The molecular weight excluding hydrogens is 412 g/mol. The zero-order valence-electron chi connectivity index (χ0n) is 22.2. The minimum atomic E-state index is -1.65. The fraction of sp³-hybridized carbons (Fsp3) is 0.852. The molecule has 0 aliphatic heterocycles. The van der Waals surface area contributed by atoms with E-state index >= 15 is 0 Å². The van der Waals surface area contributed by atoms with Gasteiger partial charge in [0.25, 0.3) is 0 Å². The van der Waals surface area contributed by atoms with Crippen molar-refractivity contribution in [2.24, 2.45) is 11.8 Å². The molecule has 2 saturated carbocycles. The Morgan fingerprint density at radius 1 is 0.613 bits per heavy atom. The lowest BCUT2D eigenvalue weighted by atomic mass is 9.87. The first kappa shape index (κ1) is 28.5. The summed E-state index contributed by atoms with van der Waals surface area (Å²) in [6.45, 7) is 22.9. The number of rotatable bonds is 4. The Labute approximate surface area is 196 Å². The van der Waals surface area contributed by atoms with E-state index in [1.807, 2.05) is 0 Å². The fourth-order valence-electron chi connectivity index (χ4n) is 3.80. The maximum absolute atomic E-state index is 6.44. The lowest BCUT2D eigenvalue weighted by Crippen LogP contribution is -2.46. The molecule has 0 heterocycles. The van der Waals surface area contributed by atoms with Crippen LogP contribution in [0.15, 0.2) is 0 Å². The highest BCUT2D eigenvalue weighted by Gasteiger charge is 2.42. The zero-order valence-corrected chi connectivity index (χ0v) is 24.2. The van der Waals surface area contributed by atoms with E-state index in [9.17, 15) is 0 Å². The van der Waals surface area contributed by atoms with Crippen molar-refractivity contribution >= 4 is 16.6 Å². The van der Waals surface area contributed by atoms with Gasteiger partial charge >= 0.3 is 0 Å². The molecule has 0 N–H and O–H groups in total. The van der Waals surface area contributed by atoms with Gasteiger partial charge < -0.3 is 8.85 Å². The summed E-state index contributed by atoms with van der Waals surface area (Å²) in [7, 11) is -3.27. The maximum Gasteiger partial charge on any atom is 0.192 e. The van der Waals surface area contributed by atoms with Crippen LogP contribution < -0.4 is 0 Å². The molecule has 0 spiro atoms. The summed E-state index contributed by atoms with van der Waals surface area (Å²) in [5.74, 6) is 6.52. The Hall–Kier alpha value is -0.526. The first-order valence-corrected chi connectivity index (χ1v) is 18.2. The Morgan fingerprint density at radius 3 is 1.29 bits per heavy atom. The van der Waals surface area contributed by atoms with Crippen LogP contribution in [-0.4, -0.2) is 28.8 Å². The van der Waals surface area contributed by atoms with Crippen molar-refractivity contribution in [2.75, 3.05) is 0 Å². The standard InChI is InChI=1S/C14H26OSi.C13H24OSi/c1-7-12-10-8-9-11-13(12)15-16(5,6)14(2,3)4;1-7-11-9-8-10-12(11)14-15(5,6)13(2,3)4/h1,12-13H,8-11H2,2-6H3;1,11-12H,8-10H2,2-6H3/t12-,13?;11-,12?/m00/s1. The van der Waals surface area contributed by atoms with Crippen molar-refractivity contribution in [2.45, 2.75) is 135 Å². The molecular formula is C27H50O2Si2. The Balaban J connectivity index is 0.000000311. The van der Waals surface area contributed by atoms with Crippen molar-refractivity contribution in [1.29, 1.82) is 0 Å². The van der Waals surface area contributed by atoms with Crippen LogP contribution in [0.3, 0.4) is 0 Å². The summed E-state index contributed by atoms with van der Waals surface area (Å²) in [6, 6.07) is 0. The first-order chi connectivity index (χ1) is 14.1. The highest BCUT2D eigenvalue weighted by molar-refractivity contribution is 6.74. The van der Waals surface area contributed by atoms with Crippen molar-refractivity contribution in [3.05, 3.63) is 0 Å². The molecule has 0 amide bonds. The summed E-state index contributed by atoms with van der Waals surface area (Å²) in [4.78, 5) is 0. The summed E-state index contributed by atoms with van der Waals surface area (Å²) in [5.41, 5.74) is 0. The van der Waals surface area contributed by atoms with E-state index in [0.717, 1.165) is 25.7 Å². The molecule has 0 saturated heterocycles. The lowest BCUT2D eigenvalue weighted by molar-refractivity contribution is 0.106. The summed E-state index contributed by atoms with van der Waals surface area (Å²) >= 11 is 0. The number of hydrogen-bond acceptors (Lipinski definition) is 2. The van der Waals surface area contributed by atoms with Crippen LogP contribution in [0.25, 0.3) is 0 Å². The second-order valence-electron chi connectivity index (χ2n) is 12.6. The molecule has 2 nitrogen and oxygen atoms in total. The summed E-state index contributed by atoms with van der Waals surface area (Å²) < 4.78 is 12.8. The largest absolute Gasteiger partial charge is 0.413 e.